The average molecular weight is 465 g/mol. The third-order valence-corrected chi connectivity index (χ3v) is 0. The van der Waals surface area contributed by atoms with E-state index in [-0.39, 0.29) is 224 Å². The van der Waals surface area contributed by atoms with E-state index in [4.69, 9.17) is 0 Å². The van der Waals surface area contributed by atoms with Gasteiger partial charge in [-0.15, -0.1) is 0 Å². The fraction of sp³-hybridized carbons (Fsp3) is 0. The van der Waals surface area contributed by atoms with Crippen molar-refractivity contribution in [2.45, 2.75) is 0 Å². The molecule has 0 aromatic heterocycles. The van der Waals surface area contributed by atoms with E-state index in [0.717, 1.165) is 0 Å². The molecule has 0 N–H and O–H groups in total. The van der Waals surface area contributed by atoms with E-state index in [0.29, 0.717) is 0 Å². The van der Waals surface area contributed by atoms with Crippen molar-refractivity contribution < 1.29 is 16.4 Å². The van der Waals surface area contributed by atoms with Crippen molar-refractivity contribution >= 4 is 208 Å². The molecule has 40 valence electrons. The van der Waals surface area contributed by atoms with E-state index in [1.807, 2.05) is 0 Å². The Balaban J connectivity index is 0. The predicted molar refractivity (Wildman–Crippen MR) is 47.7 cm³/mol. The second-order valence-electron chi connectivity index (χ2n) is 0. The first kappa shape index (κ1) is 76.3. The zero-order chi connectivity index (χ0) is 0. The maximum absolute atomic E-state index is 0. The second kappa shape index (κ2) is 62.0. The molecule has 0 saturated heterocycles. The van der Waals surface area contributed by atoms with Gasteiger partial charge < -0.3 is 16.4 Å². The number of rotatable bonds is 0. The van der Waals surface area contributed by atoms with Crippen molar-refractivity contribution in [2.24, 2.45) is 0 Å². The summed E-state index contributed by atoms with van der Waals surface area (Å²) in [5.41, 5.74) is 0. The van der Waals surface area contributed by atoms with Crippen LogP contribution in [0, 0.1) is 0 Å². The molecule has 0 heterocycles. The Morgan fingerprint density at radius 2 is 0.444 bits per heavy atom. The van der Waals surface area contributed by atoms with E-state index in [1.54, 1.807) is 0 Å². The van der Waals surface area contributed by atoms with E-state index in [9.17, 15) is 0 Å². The summed E-state index contributed by atoms with van der Waals surface area (Å²) >= 11 is 0. The first-order valence-corrected chi connectivity index (χ1v) is 0. The SMILES string of the molecule is [Al+3].[Al+3].[BaH2].[BaH2].[CaH2].[CaH2].[O-2].[O-2].[O-2]. The van der Waals surface area contributed by atoms with Gasteiger partial charge >= 0.3 is 208 Å². The van der Waals surface area contributed by atoms with Gasteiger partial charge in [0.15, 0.2) is 0 Å². The van der Waals surface area contributed by atoms with Crippen LogP contribution in [0.4, 0.5) is 0 Å². The smallest absolute Gasteiger partial charge is 2.00 e. The third-order valence-electron chi connectivity index (χ3n) is 0. The van der Waals surface area contributed by atoms with Gasteiger partial charge in [-0.25, -0.2) is 0 Å². The van der Waals surface area contributed by atoms with Crippen LogP contribution < -0.4 is 0 Å². The first-order chi connectivity index (χ1) is 0. The fourth-order valence-electron chi connectivity index (χ4n) is 0. The van der Waals surface area contributed by atoms with Gasteiger partial charge in [-0.3, -0.25) is 0 Å². The summed E-state index contributed by atoms with van der Waals surface area (Å²) < 4.78 is 0. The van der Waals surface area contributed by atoms with Crippen LogP contribution in [0.3, 0.4) is 0 Å². The molecule has 0 saturated carbocycles. The van der Waals surface area contributed by atoms with Gasteiger partial charge in [-0.1, -0.05) is 0 Å². The summed E-state index contributed by atoms with van der Waals surface area (Å²) in [6, 6.07) is 0. The molecule has 0 atom stereocenters. The minimum Gasteiger partial charge on any atom is -2.00 e. The normalized spacial score (nSPS) is 0. The van der Waals surface area contributed by atoms with Gasteiger partial charge in [0.05, 0.1) is 0 Å². The van der Waals surface area contributed by atoms with Crippen LogP contribution in [0.15, 0.2) is 0 Å². The Kier molecular flexibility index (Phi) is 525. The Bertz CT molecular complexity index is 17.8. The summed E-state index contributed by atoms with van der Waals surface area (Å²) in [6.45, 7) is 0. The van der Waals surface area contributed by atoms with Gasteiger partial charge in [-0.05, 0) is 0 Å². The minimum absolute atomic E-state index is 0. The summed E-state index contributed by atoms with van der Waals surface area (Å²) in [4.78, 5) is 0. The van der Waals surface area contributed by atoms with Crippen molar-refractivity contribution in [1.29, 1.82) is 0 Å². The minimum atomic E-state index is 0. The van der Waals surface area contributed by atoms with Crippen LogP contribution in [0.1, 0.15) is 0 Å². The molecule has 0 radical (unpaired) electrons. The molecule has 0 aliphatic heterocycles. The molecule has 0 amide bonds. The molecule has 0 aliphatic carbocycles. The van der Waals surface area contributed by atoms with Gasteiger partial charge in [0.1, 0.15) is 0 Å². The Morgan fingerprint density at radius 1 is 0.444 bits per heavy atom. The van der Waals surface area contributed by atoms with Gasteiger partial charge in [-0.2, -0.15) is 0 Å². The maximum atomic E-state index is 0. The standard InChI is InChI=1S/2Al.2Ba.2Ca.3O.8H/q2*+3;;;;;3*-2;;;;;;;;. The van der Waals surface area contributed by atoms with Crippen molar-refractivity contribution in [3.63, 3.8) is 0 Å². The van der Waals surface area contributed by atoms with Crippen LogP contribution in [0.2, 0.25) is 0 Å². The average Bonchev–Trinajstić information content (AvgIpc) is 0. The van der Waals surface area contributed by atoms with Gasteiger partial charge in [0, 0.05) is 0 Å². The number of hydrogen-bond acceptors (Lipinski definition) is 0. The van der Waals surface area contributed by atoms with Crippen molar-refractivity contribution in [3.8, 4) is 0 Å². The Morgan fingerprint density at radius 3 is 0.444 bits per heavy atom. The van der Waals surface area contributed by atoms with Crippen LogP contribution >= 0.6 is 0 Å². The molecule has 0 unspecified atom stereocenters. The van der Waals surface area contributed by atoms with Crippen molar-refractivity contribution in [2.75, 3.05) is 0 Å². The molecule has 0 rings (SSSR count). The molecule has 9 heteroatoms. The number of hydrogen-bond donors (Lipinski definition) is 0. The molecule has 9 heavy (non-hydrogen) atoms. The summed E-state index contributed by atoms with van der Waals surface area (Å²) in [5, 5.41) is 0. The maximum Gasteiger partial charge on any atom is -2.00 e. The zero-order valence-corrected chi connectivity index (χ0v) is 4.69. The third kappa shape index (κ3) is 53.2. The largest absolute Gasteiger partial charge is 2.00 e. The first-order valence-electron chi connectivity index (χ1n) is 0. The molecular formula is H8Al2Ba2Ca2O3. The molecule has 0 fully saturated rings. The monoisotopic (exact) mass is 466 g/mol. The molecule has 0 aromatic rings. The van der Waals surface area contributed by atoms with Crippen LogP contribution in [0.25, 0.3) is 0 Å². The fourth-order valence-corrected chi connectivity index (χ4v) is 0. The van der Waals surface area contributed by atoms with E-state index >= 15 is 0 Å². The van der Waals surface area contributed by atoms with Crippen LogP contribution in [-0.2, 0) is 16.4 Å². The predicted octanol–water partition coefficient (Wildman–Crippen LogP) is -4.78. The zero-order valence-electron chi connectivity index (χ0n) is 2.38. The molecule has 0 spiro atoms. The van der Waals surface area contributed by atoms with Crippen LogP contribution in [-0.4, -0.2) is 208 Å². The van der Waals surface area contributed by atoms with E-state index < -0.39 is 0 Å². The quantitative estimate of drug-likeness (QED) is 0.322. The summed E-state index contributed by atoms with van der Waals surface area (Å²) in [6.07, 6.45) is 0. The van der Waals surface area contributed by atoms with Gasteiger partial charge in [0.2, 0.25) is 0 Å². The summed E-state index contributed by atoms with van der Waals surface area (Å²) in [7, 11) is 0. The molecule has 3 nitrogen and oxygen atoms in total. The molecule has 0 aliphatic rings. The van der Waals surface area contributed by atoms with Crippen molar-refractivity contribution in [3.05, 3.63) is 0 Å². The topological polar surface area (TPSA) is 85.5 Å². The van der Waals surface area contributed by atoms with E-state index in [1.165, 1.54) is 0 Å². The molecule has 0 bridgehead atoms. The Labute approximate surface area is 217 Å². The summed E-state index contributed by atoms with van der Waals surface area (Å²) in [5.74, 6) is 0. The second-order valence-corrected chi connectivity index (χ2v) is 0. The van der Waals surface area contributed by atoms with Gasteiger partial charge in [0.25, 0.3) is 0 Å². The van der Waals surface area contributed by atoms with Crippen LogP contribution in [0.5, 0.6) is 0 Å². The van der Waals surface area contributed by atoms with Crippen molar-refractivity contribution in [1.82, 2.24) is 0 Å². The Hall–Kier alpha value is 6.61. The molecule has 0 aromatic carbocycles. The molecular weight excluding hydrogens is 457 g/mol. The van der Waals surface area contributed by atoms with E-state index in [2.05, 4.69) is 0 Å².